The second kappa shape index (κ2) is 8.61. The summed E-state index contributed by atoms with van der Waals surface area (Å²) in [5.74, 6) is -1.71. The van der Waals surface area contributed by atoms with Gasteiger partial charge >= 0.3 is 5.97 Å². The lowest BCUT2D eigenvalue weighted by molar-refractivity contribution is -0.384. The van der Waals surface area contributed by atoms with Crippen molar-refractivity contribution in [3.63, 3.8) is 0 Å². The van der Waals surface area contributed by atoms with Crippen LogP contribution in [0.5, 0.6) is 0 Å². The lowest BCUT2D eigenvalue weighted by Gasteiger charge is -2.13. The van der Waals surface area contributed by atoms with Gasteiger partial charge < -0.3 is 10.1 Å². The van der Waals surface area contributed by atoms with E-state index in [1.807, 2.05) is 0 Å². The van der Waals surface area contributed by atoms with Crippen molar-refractivity contribution in [2.45, 2.75) is 24.0 Å². The second-order valence-corrected chi connectivity index (χ2v) is 8.18. The number of benzene rings is 2. The van der Waals surface area contributed by atoms with Crippen LogP contribution in [0.3, 0.4) is 0 Å². The first-order valence-electron chi connectivity index (χ1n) is 8.13. The smallest absolute Gasteiger partial charge is 0.324 e. The number of nitrogens with one attached hydrogen (secondary N) is 1. The van der Waals surface area contributed by atoms with E-state index in [1.165, 1.54) is 0 Å². The van der Waals surface area contributed by atoms with Crippen LogP contribution in [-0.2, 0) is 24.2 Å². The van der Waals surface area contributed by atoms with Crippen molar-refractivity contribution < 1.29 is 27.7 Å². The van der Waals surface area contributed by atoms with Gasteiger partial charge in [-0.05, 0) is 37.6 Å². The van der Waals surface area contributed by atoms with Crippen molar-refractivity contribution in [1.29, 1.82) is 0 Å². The van der Waals surface area contributed by atoms with E-state index in [1.54, 1.807) is 31.2 Å². The molecule has 0 fully saturated rings. The minimum absolute atomic E-state index is 0.257. The Morgan fingerprint density at radius 1 is 1.14 bits per heavy atom. The summed E-state index contributed by atoms with van der Waals surface area (Å²) in [6, 6.07) is 11.1. The summed E-state index contributed by atoms with van der Waals surface area (Å²) in [6.07, 6.45) is 0. The van der Waals surface area contributed by atoms with Crippen molar-refractivity contribution in [1.82, 2.24) is 0 Å². The number of amides is 1. The number of ether oxygens (including phenoxy) is 1. The lowest BCUT2D eigenvalue weighted by atomic mass is 10.2. The summed E-state index contributed by atoms with van der Waals surface area (Å²) >= 11 is 0. The summed E-state index contributed by atoms with van der Waals surface area (Å²) < 4.78 is 29.7. The van der Waals surface area contributed by atoms with Gasteiger partial charge in [0, 0.05) is 17.8 Å². The van der Waals surface area contributed by atoms with E-state index in [4.69, 9.17) is 4.74 Å². The highest BCUT2D eigenvalue weighted by Crippen LogP contribution is 2.20. The Morgan fingerprint density at radius 2 is 1.75 bits per heavy atom. The van der Waals surface area contributed by atoms with Crippen molar-refractivity contribution >= 4 is 33.1 Å². The fourth-order valence-electron chi connectivity index (χ4n) is 2.24. The molecule has 28 heavy (non-hydrogen) atoms. The van der Waals surface area contributed by atoms with E-state index in [0.717, 1.165) is 36.8 Å². The number of hydrogen-bond donors (Lipinski definition) is 1. The maximum atomic E-state index is 12.5. The molecule has 0 saturated heterocycles. The van der Waals surface area contributed by atoms with E-state index < -0.39 is 38.5 Å². The van der Waals surface area contributed by atoms with E-state index in [0.29, 0.717) is 5.69 Å². The average molecular weight is 406 g/mol. The quantitative estimate of drug-likeness (QED) is 0.423. The molecule has 2 aromatic carbocycles. The largest absolute Gasteiger partial charge is 0.455 e. The molecular formula is C18H18N2O7S. The molecule has 0 aliphatic rings. The minimum Gasteiger partial charge on any atom is -0.455 e. The molecule has 0 unspecified atom stereocenters. The first-order valence-corrected chi connectivity index (χ1v) is 9.68. The maximum Gasteiger partial charge on any atom is 0.324 e. The maximum absolute atomic E-state index is 12.5. The Kier molecular flexibility index (Phi) is 6.47. The van der Waals surface area contributed by atoms with Gasteiger partial charge in [-0.3, -0.25) is 19.7 Å². The zero-order valence-electron chi connectivity index (χ0n) is 15.1. The first-order chi connectivity index (χ1) is 13.1. The number of anilines is 1. The van der Waals surface area contributed by atoms with Crippen LogP contribution in [0.25, 0.3) is 0 Å². The third kappa shape index (κ3) is 4.92. The number of rotatable bonds is 7. The number of non-ortho nitro benzene ring substituents is 1. The number of carbonyl (C=O) groups is 2. The Bertz CT molecular complexity index is 1000. The molecule has 2 aromatic rings. The molecule has 0 spiro atoms. The molecule has 0 bridgehead atoms. The molecular weight excluding hydrogens is 388 g/mol. The van der Waals surface area contributed by atoms with Gasteiger partial charge in [0.2, 0.25) is 0 Å². The lowest BCUT2D eigenvalue weighted by Crippen LogP contribution is -2.32. The number of para-hydroxylation sites is 1. The van der Waals surface area contributed by atoms with Crippen LogP contribution in [-0.4, -0.2) is 37.1 Å². The Balaban J connectivity index is 2.00. The van der Waals surface area contributed by atoms with Gasteiger partial charge in [-0.1, -0.05) is 18.2 Å². The number of nitro benzene ring substituents is 1. The summed E-state index contributed by atoms with van der Waals surface area (Å²) in [5.41, 5.74) is 1.09. The molecule has 1 atom stereocenters. The molecule has 9 nitrogen and oxygen atoms in total. The van der Waals surface area contributed by atoms with E-state index in [-0.39, 0.29) is 10.6 Å². The number of nitrogens with zero attached hydrogens (tertiary/aromatic N) is 1. The zero-order chi connectivity index (χ0) is 20.9. The van der Waals surface area contributed by atoms with Crippen molar-refractivity contribution in [2.75, 3.05) is 11.9 Å². The Labute approximate surface area is 161 Å². The number of esters is 1. The summed E-state index contributed by atoms with van der Waals surface area (Å²) in [5, 5.41) is 11.6. The molecule has 0 aromatic heterocycles. The van der Waals surface area contributed by atoms with Crippen LogP contribution in [0.1, 0.15) is 12.5 Å². The summed E-state index contributed by atoms with van der Waals surface area (Å²) in [4.78, 5) is 33.7. The summed E-state index contributed by atoms with van der Waals surface area (Å²) in [7, 11) is -4.12. The van der Waals surface area contributed by atoms with E-state index in [9.17, 15) is 28.1 Å². The van der Waals surface area contributed by atoms with Crippen LogP contribution in [0.15, 0.2) is 53.4 Å². The molecule has 2 rings (SSSR count). The third-order valence-corrected chi connectivity index (χ3v) is 5.99. The zero-order valence-corrected chi connectivity index (χ0v) is 15.9. The van der Waals surface area contributed by atoms with Gasteiger partial charge in [0.25, 0.3) is 11.6 Å². The number of sulfone groups is 1. The van der Waals surface area contributed by atoms with Gasteiger partial charge in [-0.15, -0.1) is 0 Å². The van der Waals surface area contributed by atoms with Gasteiger partial charge in [0.15, 0.2) is 21.7 Å². The fourth-order valence-corrected chi connectivity index (χ4v) is 3.49. The van der Waals surface area contributed by atoms with Gasteiger partial charge in [0.05, 0.1) is 9.82 Å². The van der Waals surface area contributed by atoms with Crippen LogP contribution in [0.2, 0.25) is 0 Å². The molecule has 148 valence electrons. The molecule has 0 radical (unpaired) electrons. The van der Waals surface area contributed by atoms with E-state index >= 15 is 0 Å². The van der Waals surface area contributed by atoms with Crippen LogP contribution in [0.4, 0.5) is 11.4 Å². The third-order valence-electron chi connectivity index (χ3n) is 3.94. The first kappa shape index (κ1) is 21.0. The number of carbonyl (C=O) groups excluding carboxylic acids is 2. The molecule has 1 amide bonds. The molecule has 0 aliphatic carbocycles. The monoisotopic (exact) mass is 406 g/mol. The SMILES string of the molecule is Cc1ccccc1NC(=O)COC(=O)[C@H](C)S(=O)(=O)c1ccc([N+](=O)[O-])cc1. The second-order valence-electron chi connectivity index (χ2n) is 5.91. The van der Waals surface area contributed by atoms with Crippen molar-refractivity contribution in [2.24, 2.45) is 0 Å². The normalized spacial score (nSPS) is 12.1. The highest BCUT2D eigenvalue weighted by Gasteiger charge is 2.31. The van der Waals surface area contributed by atoms with Gasteiger partial charge in [-0.25, -0.2) is 8.42 Å². The van der Waals surface area contributed by atoms with E-state index in [2.05, 4.69) is 5.32 Å². The van der Waals surface area contributed by atoms with Crippen LogP contribution < -0.4 is 5.32 Å². The number of aryl methyl sites for hydroxylation is 1. The topological polar surface area (TPSA) is 133 Å². The number of hydrogen-bond acceptors (Lipinski definition) is 7. The van der Waals surface area contributed by atoms with Gasteiger partial charge in [-0.2, -0.15) is 0 Å². The molecule has 1 N–H and O–H groups in total. The minimum atomic E-state index is -4.12. The molecule has 10 heteroatoms. The highest BCUT2D eigenvalue weighted by atomic mass is 32.2. The van der Waals surface area contributed by atoms with Crippen molar-refractivity contribution in [3.05, 3.63) is 64.2 Å². The van der Waals surface area contributed by atoms with Gasteiger partial charge in [0.1, 0.15) is 0 Å². The Morgan fingerprint density at radius 3 is 2.32 bits per heavy atom. The van der Waals surface area contributed by atoms with Crippen molar-refractivity contribution in [3.8, 4) is 0 Å². The fraction of sp³-hybridized carbons (Fsp3) is 0.222. The standard InChI is InChI=1S/C18H18N2O7S/c1-12-5-3-4-6-16(12)19-17(21)11-27-18(22)13(2)28(25,26)15-9-7-14(8-10-15)20(23)24/h3-10,13H,11H2,1-2H3,(H,19,21)/t13-/m0/s1. The highest BCUT2D eigenvalue weighted by molar-refractivity contribution is 7.92. The average Bonchev–Trinajstić information content (AvgIpc) is 2.67. The predicted octanol–water partition coefficient (Wildman–Crippen LogP) is 2.25. The molecule has 0 aliphatic heterocycles. The summed E-state index contributed by atoms with van der Waals surface area (Å²) in [6.45, 7) is 2.27. The predicted molar refractivity (Wildman–Crippen MR) is 101 cm³/mol. The van der Waals surface area contributed by atoms with Crippen LogP contribution in [0, 0.1) is 17.0 Å². The van der Waals surface area contributed by atoms with Crippen LogP contribution >= 0.6 is 0 Å². The Hall–Kier alpha value is -3.27. The molecule has 0 saturated carbocycles. The molecule has 0 heterocycles. The number of nitro groups is 1.